The summed E-state index contributed by atoms with van der Waals surface area (Å²) in [6.07, 6.45) is 2.15. The standard InChI is InChI=1S/C15H20N2O4S2/c1-11-4-5-12(2)14(10-11)23(19,20)17-13(6-9-22-3)15(18)21-8-7-16/h4-5,10,13,17H,6,8-9H2,1-3H3/t13-/m1/s1. The van der Waals surface area contributed by atoms with Gasteiger partial charge in [-0.3, -0.25) is 4.79 Å². The van der Waals surface area contributed by atoms with Crippen LogP contribution in [-0.2, 0) is 19.6 Å². The van der Waals surface area contributed by atoms with Crippen LogP contribution in [0.3, 0.4) is 0 Å². The Morgan fingerprint density at radius 2 is 2.13 bits per heavy atom. The number of hydrogen-bond acceptors (Lipinski definition) is 6. The van der Waals surface area contributed by atoms with E-state index in [-0.39, 0.29) is 11.3 Å². The van der Waals surface area contributed by atoms with Crippen LogP contribution >= 0.6 is 11.8 Å². The molecule has 0 aliphatic rings. The summed E-state index contributed by atoms with van der Waals surface area (Å²) in [7, 11) is -3.86. The third kappa shape index (κ3) is 5.86. The molecule has 0 aromatic heterocycles. The summed E-state index contributed by atoms with van der Waals surface area (Å²) in [6.45, 7) is 3.09. The van der Waals surface area contributed by atoms with Crippen molar-refractivity contribution in [3.63, 3.8) is 0 Å². The summed E-state index contributed by atoms with van der Waals surface area (Å²) in [4.78, 5) is 12.1. The fourth-order valence-corrected chi connectivity index (χ4v) is 3.93. The highest BCUT2D eigenvalue weighted by Crippen LogP contribution is 2.18. The van der Waals surface area contributed by atoms with Gasteiger partial charge in [0.05, 0.1) is 4.90 Å². The number of carbonyl (C=O) groups excluding carboxylic acids is 1. The molecule has 1 N–H and O–H groups in total. The molecule has 8 heteroatoms. The second-order valence-electron chi connectivity index (χ2n) is 4.99. The highest BCUT2D eigenvalue weighted by molar-refractivity contribution is 7.98. The van der Waals surface area contributed by atoms with E-state index in [4.69, 9.17) is 10.00 Å². The van der Waals surface area contributed by atoms with Crippen LogP contribution in [0.1, 0.15) is 17.5 Å². The van der Waals surface area contributed by atoms with Crippen molar-refractivity contribution < 1.29 is 17.9 Å². The number of nitriles is 1. The normalized spacial score (nSPS) is 12.4. The first-order valence-electron chi connectivity index (χ1n) is 6.94. The lowest BCUT2D eigenvalue weighted by Crippen LogP contribution is -2.42. The molecule has 0 aliphatic carbocycles. The van der Waals surface area contributed by atoms with Crippen molar-refractivity contribution in [1.29, 1.82) is 5.26 Å². The van der Waals surface area contributed by atoms with Crippen molar-refractivity contribution in [2.24, 2.45) is 0 Å². The molecule has 0 bridgehead atoms. The van der Waals surface area contributed by atoms with Crippen molar-refractivity contribution in [3.05, 3.63) is 29.3 Å². The minimum absolute atomic E-state index is 0.139. The number of rotatable bonds is 8. The monoisotopic (exact) mass is 356 g/mol. The predicted molar refractivity (Wildman–Crippen MR) is 89.6 cm³/mol. The maximum Gasteiger partial charge on any atom is 0.325 e. The molecule has 0 saturated carbocycles. The summed E-state index contributed by atoms with van der Waals surface area (Å²) in [5.41, 5.74) is 1.40. The minimum Gasteiger partial charge on any atom is -0.449 e. The third-order valence-corrected chi connectivity index (χ3v) is 5.36. The number of nitrogens with one attached hydrogen (secondary N) is 1. The first-order valence-corrected chi connectivity index (χ1v) is 9.81. The molecule has 1 aromatic rings. The third-order valence-electron chi connectivity index (χ3n) is 3.10. The van der Waals surface area contributed by atoms with Gasteiger partial charge in [0.15, 0.2) is 6.61 Å². The summed E-state index contributed by atoms with van der Waals surface area (Å²) in [6, 6.07) is 5.78. The molecule has 126 valence electrons. The van der Waals surface area contributed by atoms with Gasteiger partial charge in [-0.25, -0.2) is 8.42 Å². The van der Waals surface area contributed by atoms with Gasteiger partial charge in [0.1, 0.15) is 12.1 Å². The lowest BCUT2D eigenvalue weighted by atomic mass is 10.2. The second-order valence-corrected chi connectivity index (χ2v) is 7.66. The van der Waals surface area contributed by atoms with Gasteiger partial charge in [0.25, 0.3) is 0 Å². The number of hydrogen-bond donors (Lipinski definition) is 1. The van der Waals surface area contributed by atoms with Crippen LogP contribution in [0, 0.1) is 25.2 Å². The molecule has 0 heterocycles. The van der Waals surface area contributed by atoms with Gasteiger partial charge in [-0.15, -0.1) is 0 Å². The van der Waals surface area contributed by atoms with Gasteiger partial charge in [-0.2, -0.15) is 21.7 Å². The smallest absolute Gasteiger partial charge is 0.325 e. The van der Waals surface area contributed by atoms with E-state index in [1.54, 1.807) is 32.0 Å². The van der Waals surface area contributed by atoms with Crippen molar-refractivity contribution in [2.45, 2.75) is 31.2 Å². The van der Waals surface area contributed by atoms with Gasteiger partial charge >= 0.3 is 5.97 Å². The lowest BCUT2D eigenvalue weighted by molar-refractivity contribution is -0.144. The molecule has 0 fully saturated rings. The largest absolute Gasteiger partial charge is 0.449 e. The minimum atomic E-state index is -3.86. The second kappa shape index (κ2) is 8.91. The molecular weight excluding hydrogens is 336 g/mol. The summed E-state index contributed by atoms with van der Waals surface area (Å²) in [5.74, 6) is -0.156. The number of benzene rings is 1. The highest BCUT2D eigenvalue weighted by Gasteiger charge is 2.27. The number of esters is 1. The van der Waals surface area contributed by atoms with Crippen LogP contribution in [0.2, 0.25) is 0 Å². The van der Waals surface area contributed by atoms with Crippen LogP contribution in [-0.4, -0.2) is 39.0 Å². The van der Waals surface area contributed by atoms with Crippen molar-refractivity contribution in [1.82, 2.24) is 4.72 Å². The maximum atomic E-state index is 12.6. The Kier molecular flexibility index (Phi) is 7.55. The number of aryl methyl sites for hydroxylation is 2. The fourth-order valence-electron chi connectivity index (χ4n) is 1.91. The topological polar surface area (TPSA) is 96.3 Å². The lowest BCUT2D eigenvalue weighted by Gasteiger charge is -2.17. The Hall–Kier alpha value is -1.56. The van der Waals surface area contributed by atoms with E-state index in [1.807, 2.05) is 12.3 Å². The van der Waals surface area contributed by atoms with Crippen LogP contribution in [0.4, 0.5) is 0 Å². The number of carbonyl (C=O) groups is 1. The Balaban J connectivity index is 3.02. The fraction of sp³-hybridized carbons (Fsp3) is 0.467. The molecular formula is C15H20N2O4S2. The molecule has 0 saturated heterocycles. The molecule has 0 aliphatic heterocycles. The molecule has 23 heavy (non-hydrogen) atoms. The van der Waals surface area contributed by atoms with Gasteiger partial charge < -0.3 is 4.74 Å². The van der Waals surface area contributed by atoms with Crippen LogP contribution in [0.25, 0.3) is 0 Å². The van der Waals surface area contributed by atoms with E-state index in [0.29, 0.717) is 11.3 Å². The predicted octanol–water partition coefficient (Wildman–Crippen LogP) is 1.77. The molecule has 0 unspecified atom stereocenters. The van der Waals surface area contributed by atoms with E-state index in [9.17, 15) is 13.2 Å². The zero-order valence-electron chi connectivity index (χ0n) is 13.3. The zero-order chi connectivity index (χ0) is 17.5. The van der Waals surface area contributed by atoms with Crippen LogP contribution in [0.15, 0.2) is 23.1 Å². The van der Waals surface area contributed by atoms with E-state index >= 15 is 0 Å². The van der Waals surface area contributed by atoms with E-state index in [2.05, 4.69) is 4.72 Å². The molecule has 1 atom stereocenters. The molecule has 6 nitrogen and oxygen atoms in total. The SMILES string of the molecule is CSCC[C@@H](NS(=O)(=O)c1cc(C)ccc1C)C(=O)OCC#N. The maximum absolute atomic E-state index is 12.6. The number of nitrogens with zero attached hydrogens (tertiary/aromatic N) is 1. The van der Waals surface area contributed by atoms with Gasteiger partial charge in [0.2, 0.25) is 10.0 Å². The summed E-state index contributed by atoms with van der Waals surface area (Å²) >= 11 is 1.49. The first-order chi connectivity index (χ1) is 10.8. The molecule has 0 amide bonds. The average molecular weight is 356 g/mol. The van der Waals surface area contributed by atoms with E-state index in [0.717, 1.165) is 5.56 Å². The molecule has 0 radical (unpaired) electrons. The highest BCUT2D eigenvalue weighted by atomic mass is 32.2. The molecule has 1 rings (SSSR count). The summed E-state index contributed by atoms with van der Waals surface area (Å²) in [5, 5.41) is 8.48. The zero-order valence-corrected chi connectivity index (χ0v) is 15.0. The number of sulfonamides is 1. The van der Waals surface area contributed by atoms with E-state index in [1.165, 1.54) is 11.8 Å². The molecule has 1 aromatic carbocycles. The quantitative estimate of drug-likeness (QED) is 0.713. The van der Waals surface area contributed by atoms with Crippen molar-refractivity contribution in [3.8, 4) is 6.07 Å². The van der Waals surface area contributed by atoms with Gasteiger partial charge in [0, 0.05) is 0 Å². The summed E-state index contributed by atoms with van der Waals surface area (Å²) < 4.78 is 32.3. The Morgan fingerprint density at radius 1 is 1.43 bits per heavy atom. The van der Waals surface area contributed by atoms with Crippen LogP contribution in [0.5, 0.6) is 0 Å². The van der Waals surface area contributed by atoms with E-state index < -0.39 is 28.6 Å². The first kappa shape index (κ1) is 19.5. The average Bonchev–Trinajstić information content (AvgIpc) is 2.51. The van der Waals surface area contributed by atoms with Crippen LogP contribution < -0.4 is 4.72 Å². The molecule has 0 spiro atoms. The van der Waals surface area contributed by atoms with Crippen molar-refractivity contribution >= 4 is 27.8 Å². The van der Waals surface area contributed by atoms with Crippen molar-refractivity contribution in [2.75, 3.05) is 18.6 Å². The van der Waals surface area contributed by atoms with Gasteiger partial charge in [-0.1, -0.05) is 12.1 Å². The Labute approximate surface area is 141 Å². The Bertz CT molecular complexity index is 696. The van der Waals surface area contributed by atoms with Gasteiger partial charge in [-0.05, 0) is 49.5 Å². The number of thioether (sulfide) groups is 1. The number of ether oxygens (including phenoxy) is 1. The Morgan fingerprint density at radius 3 is 2.74 bits per heavy atom.